The molecule has 0 bridgehead atoms. The van der Waals surface area contributed by atoms with Crippen molar-refractivity contribution in [3.63, 3.8) is 0 Å². The number of nitrogens with zero attached hydrogens (tertiary/aromatic N) is 3. The topological polar surface area (TPSA) is 108 Å². The Kier molecular flexibility index (Phi) is 5.09. The molecule has 0 aliphatic heterocycles. The molecule has 0 aliphatic rings. The molecule has 7 nitrogen and oxygen atoms in total. The lowest BCUT2D eigenvalue weighted by molar-refractivity contribution is -0.384. The Labute approximate surface area is 99.6 Å². The first kappa shape index (κ1) is 13.6. The number of aliphatic hydroxyl groups is 2. The third kappa shape index (κ3) is 4.14. The van der Waals surface area contributed by atoms with E-state index in [0.717, 1.165) is 0 Å². The first-order valence-corrected chi connectivity index (χ1v) is 5.26. The highest BCUT2D eigenvalue weighted by Gasteiger charge is 2.14. The van der Waals surface area contributed by atoms with Crippen molar-refractivity contribution < 1.29 is 15.1 Å². The van der Waals surface area contributed by atoms with Crippen LogP contribution in [0.2, 0.25) is 0 Å². The molecule has 0 fully saturated rings. The SMILES string of the molecule is O=[N+]([O-])c1ccc(C(O)CC(O)N=NP)cc1. The summed E-state index contributed by atoms with van der Waals surface area (Å²) in [6.07, 6.45) is -2.06. The van der Waals surface area contributed by atoms with Gasteiger partial charge in [0, 0.05) is 27.9 Å². The van der Waals surface area contributed by atoms with Crippen LogP contribution in [-0.4, -0.2) is 21.4 Å². The lowest BCUT2D eigenvalue weighted by Crippen LogP contribution is -2.09. The maximum Gasteiger partial charge on any atom is 0.269 e. The van der Waals surface area contributed by atoms with Crippen molar-refractivity contribution >= 4 is 15.1 Å². The molecule has 3 unspecified atom stereocenters. The summed E-state index contributed by atoms with van der Waals surface area (Å²) in [5.41, 5.74) is 0.430. The fourth-order valence-corrected chi connectivity index (χ4v) is 1.43. The highest BCUT2D eigenvalue weighted by Crippen LogP contribution is 2.21. The zero-order chi connectivity index (χ0) is 12.8. The van der Waals surface area contributed by atoms with E-state index in [2.05, 4.69) is 10.00 Å². The van der Waals surface area contributed by atoms with Crippen molar-refractivity contribution in [3.8, 4) is 0 Å². The monoisotopic (exact) mass is 257 g/mol. The Bertz CT molecular complexity index is 409. The normalized spacial score (nSPS) is 14.8. The van der Waals surface area contributed by atoms with Gasteiger partial charge in [-0.1, -0.05) is 0 Å². The molecule has 2 N–H and O–H groups in total. The second-order valence-electron chi connectivity index (χ2n) is 3.31. The first-order chi connectivity index (χ1) is 8.04. The summed E-state index contributed by atoms with van der Waals surface area (Å²) >= 11 is 0. The maximum atomic E-state index is 10.4. The molecule has 8 heteroatoms. The molecule has 0 aliphatic carbocycles. The smallest absolute Gasteiger partial charge is 0.269 e. The summed E-state index contributed by atoms with van der Waals surface area (Å²) in [6.45, 7) is 0. The van der Waals surface area contributed by atoms with Crippen LogP contribution < -0.4 is 0 Å². The number of hydrogen-bond acceptors (Lipinski definition) is 6. The molecule has 0 radical (unpaired) electrons. The minimum atomic E-state index is -1.10. The van der Waals surface area contributed by atoms with E-state index in [-0.39, 0.29) is 12.1 Å². The van der Waals surface area contributed by atoms with Gasteiger partial charge in [0.2, 0.25) is 0 Å². The van der Waals surface area contributed by atoms with E-state index >= 15 is 0 Å². The molecule has 0 aromatic heterocycles. The summed E-state index contributed by atoms with van der Waals surface area (Å²) in [5, 5.41) is 32.8. The van der Waals surface area contributed by atoms with Gasteiger partial charge < -0.3 is 10.2 Å². The number of aliphatic hydroxyl groups excluding tert-OH is 2. The number of non-ortho nitro benzene ring substituents is 1. The molecule has 0 heterocycles. The highest BCUT2D eigenvalue weighted by atomic mass is 31.0. The van der Waals surface area contributed by atoms with Crippen molar-refractivity contribution in [1.29, 1.82) is 0 Å². The van der Waals surface area contributed by atoms with Crippen LogP contribution in [0.25, 0.3) is 0 Å². The average Bonchev–Trinajstić information content (AvgIpc) is 2.29. The van der Waals surface area contributed by atoms with Crippen molar-refractivity contribution in [1.82, 2.24) is 0 Å². The molecule has 92 valence electrons. The molecule has 0 saturated heterocycles. The average molecular weight is 257 g/mol. The molecule has 17 heavy (non-hydrogen) atoms. The van der Waals surface area contributed by atoms with Gasteiger partial charge in [-0.2, -0.15) is 10.00 Å². The maximum absolute atomic E-state index is 10.4. The van der Waals surface area contributed by atoms with Crippen LogP contribution in [0.5, 0.6) is 0 Å². The van der Waals surface area contributed by atoms with Gasteiger partial charge in [-0.15, -0.1) is 0 Å². The molecule has 1 aromatic carbocycles. The summed E-state index contributed by atoms with van der Waals surface area (Å²) in [5.74, 6) is 0. The van der Waals surface area contributed by atoms with E-state index in [0.29, 0.717) is 5.56 Å². The van der Waals surface area contributed by atoms with Gasteiger partial charge in [-0.25, -0.2) is 0 Å². The minimum absolute atomic E-state index is 0.0181. The van der Waals surface area contributed by atoms with Crippen molar-refractivity contribution in [2.24, 2.45) is 10.00 Å². The summed E-state index contributed by atoms with van der Waals surface area (Å²) in [4.78, 5) is 13.2. The number of rotatable bonds is 5. The third-order valence-corrected chi connectivity index (χ3v) is 2.26. The Morgan fingerprint density at radius 3 is 2.41 bits per heavy atom. The second-order valence-corrected chi connectivity index (χ2v) is 3.54. The van der Waals surface area contributed by atoms with Gasteiger partial charge in [0.1, 0.15) is 0 Å². The number of hydrogen-bond donors (Lipinski definition) is 2. The van der Waals surface area contributed by atoms with E-state index in [1.54, 1.807) is 0 Å². The molecule has 3 atom stereocenters. The van der Waals surface area contributed by atoms with Gasteiger partial charge in [0.25, 0.3) is 5.69 Å². The van der Waals surface area contributed by atoms with Gasteiger partial charge in [-0.3, -0.25) is 10.1 Å². The standard InChI is InChI=1S/C9H12N3O4P/c13-8(5-9(14)10-11-17)6-1-3-7(4-2-6)12(15)16/h1-4,8-9,13-14H,5,17H2. The summed E-state index contributed by atoms with van der Waals surface area (Å²) < 4.78 is 0. The lowest BCUT2D eigenvalue weighted by atomic mass is 10.1. The Balaban J connectivity index is 2.69. The highest BCUT2D eigenvalue weighted by molar-refractivity contribution is 7.14. The second kappa shape index (κ2) is 6.34. The van der Waals surface area contributed by atoms with Crippen LogP contribution >= 0.6 is 9.39 Å². The van der Waals surface area contributed by atoms with Crippen LogP contribution in [0.3, 0.4) is 0 Å². The van der Waals surface area contributed by atoms with Gasteiger partial charge in [0.05, 0.1) is 11.0 Å². The van der Waals surface area contributed by atoms with E-state index in [1.807, 2.05) is 9.39 Å². The van der Waals surface area contributed by atoms with E-state index in [4.69, 9.17) is 0 Å². The summed E-state index contributed by atoms with van der Waals surface area (Å²) in [7, 11) is 1.97. The van der Waals surface area contributed by atoms with E-state index in [9.17, 15) is 20.3 Å². The third-order valence-electron chi connectivity index (χ3n) is 2.12. The van der Waals surface area contributed by atoms with E-state index in [1.165, 1.54) is 24.3 Å². The molecule has 0 amide bonds. The van der Waals surface area contributed by atoms with E-state index < -0.39 is 17.3 Å². The van der Waals surface area contributed by atoms with Gasteiger partial charge in [-0.05, 0) is 17.7 Å². The fourth-order valence-electron chi connectivity index (χ4n) is 1.28. The number of benzene rings is 1. The van der Waals surface area contributed by atoms with Crippen molar-refractivity contribution in [3.05, 3.63) is 39.9 Å². The van der Waals surface area contributed by atoms with Crippen molar-refractivity contribution in [2.75, 3.05) is 0 Å². The Hall–Kier alpha value is -1.43. The quantitative estimate of drug-likeness (QED) is 0.361. The van der Waals surface area contributed by atoms with Crippen molar-refractivity contribution in [2.45, 2.75) is 18.8 Å². The molecule has 1 rings (SSSR count). The first-order valence-electron chi connectivity index (χ1n) is 4.75. The van der Waals surface area contributed by atoms with Crippen LogP contribution in [0.4, 0.5) is 5.69 Å². The minimum Gasteiger partial charge on any atom is -0.388 e. The Morgan fingerprint density at radius 2 is 1.94 bits per heavy atom. The van der Waals surface area contributed by atoms with Crippen LogP contribution in [0, 0.1) is 10.1 Å². The lowest BCUT2D eigenvalue weighted by Gasteiger charge is -2.11. The largest absolute Gasteiger partial charge is 0.388 e. The fraction of sp³-hybridized carbons (Fsp3) is 0.333. The molecular formula is C9H12N3O4P. The van der Waals surface area contributed by atoms with Gasteiger partial charge in [0.15, 0.2) is 6.23 Å². The predicted octanol–water partition coefficient (Wildman–Crippen LogP) is 1.58. The molecular weight excluding hydrogens is 245 g/mol. The van der Waals surface area contributed by atoms with Crippen LogP contribution in [-0.2, 0) is 0 Å². The number of nitro groups is 1. The van der Waals surface area contributed by atoms with Gasteiger partial charge >= 0.3 is 0 Å². The summed E-state index contributed by atoms with van der Waals surface area (Å²) in [6, 6.07) is 5.46. The zero-order valence-corrected chi connectivity index (χ0v) is 9.96. The molecule has 1 aromatic rings. The predicted molar refractivity (Wildman–Crippen MR) is 63.2 cm³/mol. The molecule has 0 spiro atoms. The molecule has 0 saturated carbocycles. The van der Waals surface area contributed by atoms with Crippen LogP contribution in [0.15, 0.2) is 34.3 Å². The van der Waals surface area contributed by atoms with Crippen LogP contribution in [0.1, 0.15) is 18.1 Å². The number of nitro benzene ring substituents is 1. The Morgan fingerprint density at radius 1 is 1.35 bits per heavy atom. The zero-order valence-electron chi connectivity index (χ0n) is 8.80.